The molecule has 0 bridgehead atoms. The summed E-state index contributed by atoms with van der Waals surface area (Å²) in [5.74, 6) is 0.903. The first-order valence-electron chi connectivity index (χ1n) is 6.08. The van der Waals surface area contributed by atoms with Crippen molar-refractivity contribution in [2.75, 3.05) is 11.1 Å². The minimum absolute atomic E-state index is 0.178. The summed E-state index contributed by atoms with van der Waals surface area (Å²) in [6, 6.07) is 8.51. The normalized spacial score (nSPS) is 11.4. The standard InChI is InChI=1S/C13H16N2O3S/c1-2-9-19(16,17)13-5-3-11(4-6-13)14-10-12-7-8-15-18-12/h3-8,14H,2,9-10H2,1H3. The van der Waals surface area contributed by atoms with Gasteiger partial charge in [-0.3, -0.25) is 0 Å². The van der Waals surface area contributed by atoms with Gasteiger partial charge in [0.2, 0.25) is 0 Å². The van der Waals surface area contributed by atoms with Crippen LogP contribution in [0, 0.1) is 0 Å². The van der Waals surface area contributed by atoms with Crippen LogP contribution in [0.25, 0.3) is 0 Å². The average Bonchev–Trinajstić information content (AvgIpc) is 2.90. The van der Waals surface area contributed by atoms with Gasteiger partial charge in [0.15, 0.2) is 15.6 Å². The van der Waals surface area contributed by atoms with Crippen molar-refractivity contribution >= 4 is 15.5 Å². The van der Waals surface area contributed by atoms with E-state index in [1.807, 2.05) is 6.92 Å². The number of aromatic nitrogens is 1. The number of hydrogen-bond donors (Lipinski definition) is 1. The largest absolute Gasteiger partial charge is 0.378 e. The number of rotatable bonds is 6. The van der Waals surface area contributed by atoms with Crippen LogP contribution in [0.3, 0.4) is 0 Å². The van der Waals surface area contributed by atoms with Gasteiger partial charge in [-0.15, -0.1) is 0 Å². The molecule has 1 N–H and O–H groups in total. The number of sulfone groups is 1. The molecule has 2 aromatic rings. The van der Waals surface area contributed by atoms with Crippen molar-refractivity contribution in [2.45, 2.75) is 24.8 Å². The van der Waals surface area contributed by atoms with Gasteiger partial charge in [-0.2, -0.15) is 0 Å². The zero-order valence-electron chi connectivity index (χ0n) is 10.7. The van der Waals surface area contributed by atoms with Gasteiger partial charge in [0.05, 0.1) is 23.4 Å². The van der Waals surface area contributed by atoms with Crippen LogP contribution in [-0.2, 0) is 16.4 Å². The van der Waals surface area contributed by atoms with Gasteiger partial charge in [0.1, 0.15) is 0 Å². The van der Waals surface area contributed by atoms with Gasteiger partial charge in [0.25, 0.3) is 0 Å². The Kier molecular flexibility index (Phi) is 4.21. The Morgan fingerprint density at radius 3 is 2.53 bits per heavy atom. The summed E-state index contributed by atoms with van der Waals surface area (Å²) in [4.78, 5) is 0.361. The van der Waals surface area contributed by atoms with Gasteiger partial charge in [-0.25, -0.2) is 8.42 Å². The van der Waals surface area contributed by atoms with E-state index in [4.69, 9.17) is 4.52 Å². The predicted octanol–water partition coefficient (Wildman–Crippen LogP) is 2.47. The molecule has 0 unspecified atom stereocenters. The molecule has 0 aliphatic carbocycles. The van der Waals surface area contributed by atoms with E-state index in [9.17, 15) is 8.42 Å². The van der Waals surface area contributed by atoms with Crippen LogP contribution in [0.5, 0.6) is 0 Å². The van der Waals surface area contributed by atoms with Crippen LogP contribution >= 0.6 is 0 Å². The van der Waals surface area contributed by atoms with E-state index in [2.05, 4.69) is 10.5 Å². The Balaban J connectivity index is 2.02. The summed E-state index contributed by atoms with van der Waals surface area (Å²) in [5.41, 5.74) is 0.840. The number of nitrogens with one attached hydrogen (secondary N) is 1. The highest BCUT2D eigenvalue weighted by Gasteiger charge is 2.12. The maximum atomic E-state index is 11.8. The molecule has 0 fully saturated rings. The van der Waals surface area contributed by atoms with Gasteiger partial charge < -0.3 is 9.84 Å². The number of benzene rings is 1. The quantitative estimate of drug-likeness (QED) is 0.880. The molecule has 0 saturated heterocycles. The van der Waals surface area contributed by atoms with E-state index in [0.29, 0.717) is 17.9 Å². The van der Waals surface area contributed by atoms with Crippen molar-refractivity contribution in [2.24, 2.45) is 0 Å². The van der Waals surface area contributed by atoms with E-state index < -0.39 is 9.84 Å². The van der Waals surface area contributed by atoms with Crippen LogP contribution in [0.4, 0.5) is 5.69 Å². The maximum Gasteiger partial charge on any atom is 0.178 e. The lowest BCUT2D eigenvalue weighted by atomic mass is 10.3. The molecule has 0 amide bonds. The molecule has 1 heterocycles. The third-order valence-corrected chi connectivity index (χ3v) is 4.58. The molecule has 0 atom stereocenters. The first kappa shape index (κ1) is 13.6. The molecule has 0 aliphatic rings. The Morgan fingerprint density at radius 1 is 1.21 bits per heavy atom. The SMILES string of the molecule is CCCS(=O)(=O)c1ccc(NCc2ccno2)cc1. The van der Waals surface area contributed by atoms with E-state index >= 15 is 0 Å². The molecule has 1 aromatic carbocycles. The minimum atomic E-state index is -3.14. The van der Waals surface area contributed by atoms with Crippen LogP contribution in [0.1, 0.15) is 19.1 Å². The van der Waals surface area contributed by atoms with Crippen molar-refractivity contribution in [3.8, 4) is 0 Å². The first-order valence-corrected chi connectivity index (χ1v) is 7.73. The molecule has 2 rings (SSSR count). The van der Waals surface area contributed by atoms with Crippen LogP contribution in [0.15, 0.2) is 45.9 Å². The second-order valence-electron chi connectivity index (χ2n) is 4.18. The molecule has 102 valence electrons. The third kappa shape index (κ3) is 3.57. The molecule has 0 aliphatic heterocycles. The van der Waals surface area contributed by atoms with Gasteiger partial charge in [-0.1, -0.05) is 12.1 Å². The molecular formula is C13H16N2O3S. The third-order valence-electron chi connectivity index (χ3n) is 2.64. The summed E-state index contributed by atoms with van der Waals surface area (Å²) in [6.07, 6.45) is 2.20. The van der Waals surface area contributed by atoms with E-state index in [0.717, 1.165) is 11.4 Å². The molecular weight excluding hydrogens is 264 g/mol. The fourth-order valence-electron chi connectivity index (χ4n) is 1.69. The Bertz CT molecular complexity index is 604. The zero-order valence-corrected chi connectivity index (χ0v) is 11.5. The Labute approximate surface area is 112 Å². The van der Waals surface area contributed by atoms with Crippen molar-refractivity contribution < 1.29 is 12.9 Å². The molecule has 6 heteroatoms. The lowest BCUT2D eigenvalue weighted by Gasteiger charge is -2.06. The first-order chi connectivity index (χ1) is 9.12. The van der Waals surface area contributed by atoms with Crippen LogP contribution < -0.4 is 5.32 Å². The monoisotopic (exact) mass is 280 g/mol. The minimum Gasteiger partial charge on any atom is -0.378 e. The van der Waals surface area contributed by atoms with Crippen LogP contribution in [-0.4, -0.2) is 19.3 Å². The van der Waals surface area contributed by atoms with Gasteiger partial charge in [0, 0.05) is 11.8 Å². The van der Waals surface area contributed by atoms with Crippen molar-refractivity contribution in [3.63, 3.8) is 0 Å². The fraction of sp³-hybridized carbons (Fsp3) is 0.308. The molecule has 0 radical (unpaired) electrons. The van der Waals surface area contributed by atoms with Crippen molar-refractivity contribution in [3.05, 3.63) is 42.3 Å². The smallest absolute Gasteiger partial charge is 0.178 e. The van der Waals surface area contributed by atoms with Crippen molar-refractivity contribution in [1.29, 1.82) is 0 Å². The Hall–Kier alpha value is -1.82. The second-order valence-corrected chi connectivity index (χ2v) is 6.28. The average molecular weight is 280 g/mol. The fourth-order valence-corrected chi connectivity index (χ4v) is 3.01. The van der Waals surface area contributed by atoms with Gasteiger partial charge >= 0.3 is 0 Å². The highest BCUT2D eigenvalue weighted by molar-refractivity contribution is 7.91. The zero-order chi connectivity index (χ0) is 13.7. The van der Waals surface area contributed by atoms with Crippen molar-refractivity contribution in [1.82, 2.24) is 5.16 Å². The molecule has 5 nitrogen and oxygen atoms in total. The van der Waals surface area contributed by atoms with Gasteiger partial charge in [-0.05, 0) is 30.7 Å². The lowest BCUT2D eigenvalue weighted by molar-refractivity contribution is 0.388. The maximum absolute atomic E-state index is 11.8. The second kappa shape index (κ2) is 5.88. The van der Waals surface area contributed by atoms with Crippen LogP contribution in [0.2, 0.25) is 0 Å². The number of nitrogens with zero attached hydrogens (tertiary/aromatic N) is 1. The number of anilines is 1. The summed E-state index contributed by atoms with van der Waals surface area (Å²) in [7, 11) is -3.14. The van der Waals surface area contributed by atoms with E-state index in [1.54, 1.807) is 36.5 Å². The van der Waals surface area contributed by atoms with E-state index in [1.165, 1.54) is 0 Å². The molecule has 19 heavy (non-hydrogen) atoms. The molecule has 0 saturated carbocycles. The molecule has 1 aromatic heterocycles. The van der Waals surface area contributed by atoms with E-state index in [-0.39, 0.29) is 5.75 Å². The molecule has 0 spiro atoms. The highest BCUT2D eigenvalue weighted by Crippen LogP contribution is 2.16. The summed E-state index contributed by atoms with van der Waals surface area (Å²) in [5, 5.41) is 6.74. The Morgan fingerprint density at radius 2 is 1.95 bits per heavy atom. The summed E-state index contributed by atoms with van der Waals surface area (Å²) in [6.45, 7) is 2.37. The summed E-state index contributed by atoms with van der Waals surface area (Å²) < 4.78 is 28.6. The number of hydrogen-bond acceptors (Lipinski definition) is 5. The lowest BCUT2D eigenvalue weighted by Crippen LogP contribution is -2.06. The summed E-state index contributed by atoms with van der Waals surface area (Å²) >= 11 is 0. The highest BCUT2D eigenvalue weighted by atomic mass is 32.2. The topological polar surface area (TPSA) is 72.2 Å². The predicted molar refractivity (Wildman–Crippen MR) is 72.6 cm³/mol.